The fourth-order valence-corrected chi connectivity index (χ4v) is 1.76. The maximum Gasteiger partial charge on any atom is 0.270 e. The van der Waals surface area contributed by atoms with Gasteiger partial charge in [-0.2, -0.15) is 10.4 Å². The molecule has 0 saturated heterocycles. The molecule has 9 nitrogen and oxygen atoms in total. The van der Waals surface area contributed by atoms with E-state index in [1.807, 2.05) is 6.07 Å². The molecule has 9 heteroatoms. The number of primary amides is 1. The van der Waals surface area contributed by atoms with Gasteiger partial charge in [-0.25, -0.2) is 0 Å². The number of nitrogens with two attached hydrogens (primary N) is 1. The van der Waals surface area contributed by atoms with Gasteiger partial charge >= 0.3 is 0 Å². The summed E-state index contributed by atoms with van der Waals surface area (Å²) in [4.78, 5) is 20.8. The van der Waals surface area contributed by atoms with Crippen LogP contribution in [0.3, 0.4) is 0 Å². The van der Waals surface area contributed by atoms with E-state index in [1.165, 1.54) is 22.9 Å². The lowest BCUT2D eigenvalue weighted by Gasteiger charge is -2.05. The monoisotopic (exact) mass is 300 g/mol. The highest BCUT2D eigenvalue weighted by atomic mass is 16.6. The van der Waals surface area contributed by atoms with E-state index in [0.29, 0.717) is 18.1 Å². The van der Waals surface area contributed by atoms with Crippen molar-refractivity contribution in [1.29, 1.82) is 5.26 Å². The molecule has 1 aromatic carbocycles. The molecule has 0 aliphatic carbocycles. The number of non-ortho nitro benzene ring substituents is 1. The van der Waals surface area contributed by atoms with Crippen molar-refractivity contribution < 1.29 is 9.72 Å². The van der Waals surface area contributed by atoms with E-state index in [0.717, 1.165) is 0 Å². The summed E-state index contributed by atoms with van der Waals surface area (Å²) in [5, 5.41) is 26.8. The van der Waals surface area contributed by atoms with Crippen LogP contribution in [0.5, 0.6) is 0 Å². The summed E-state index contributed by atoms with van der Waals surface area (Å²) in [5.74, 6) is 0.0296. The maximum absolute atomic E-state index is 10.7. The highest BCUT2D eigenvalue weighted by Gasteiger charge is 2.11. The molecule has 0 saturated carbocycles. The van der Waals surface area contributed by atoms with Crippen molar-refractivity contribution in [3.63, 3.8) is 0 Å². The molecular formula is C13H12N6O3. The Balaban J connectivity index is 2.15. The number of nitro benzene ring substituents is 1. The number of aryl methyl sites for hydroxylation is 1. The Labute approximate surface area is 125 Å². The van der Waals surface area contributed by atoms with Crippen LogP contribution < -0.4 is 11.1 Å². The van der Waals surface area contributed by atoms with E-state index >= 15 is 0 Å². The summed E-state index contributed by atoms with van der Waals surface area (Å²) in [5.41, 5.74) is 5.45. The molecule has 0 spiro atoms. The summed E-state index contributed by atoms with van der Waals surface area (Å²) >= 11 is 0. The van der Waals surface area contributed by atoms with Crippen LogP contribution in [0, 0.1) is 21.4 Å². The fraction of sp³-hybridized carbons (Fsp3) is 0.154. The smallest absolute Gasteiger partial charge is 0.270 e. The van der Waals surface area contributed by atoms with E-state index in [4.69, 9.17) is 11.0 Å². The number of amides is 1. The minimum Gasteiger partial charge on any atom is -0.370 e. The second kappa shape index (κ2) is 6.36. The summed E-state index contributed by atoms with van der Waals surface area (Å²) in [6, 6.07) is 7.48. The Morgan fingerprint density at radius 2 is 2.27 bits per heavy atom. The van der Waals surface area contributed by atoms with Gasteiger partial charge in [0.1, 0.15) is 6.07 Å². The molecule has 0 fully saturated rings. The number of nitrogens with one attached hydrogen (secondary N) is 1. The fourth-order valence-electron chi connectivity index (χ4n) is 1.76. The standard InChI is InChI=1S/C13H12N6O3/c14-8-9-7-10(19(21)22)1-2-11(9)16-13-4-6-18(17-13)5-3-12(15)20/h1-2,4,6-7H,3,5H2,(H2,15,20)(H,16,17). The van der Waals surface area contributed by atoms with Crippen LogP contribution in [0.1, 0.15) is 12.0 Å². The second-order valence-electron chi connectivity index (χ2n) is 4.40. The van der Waals surface area contributed by atoms with Gasteiger partial charge in [-0.15, -0.1) is 0 Å². The Morgan fingerprint density at radius 1 is 1.50 bits per heavy atom. The normalized spacial score (nSPS) is 9.95. The summed E-state index contributed by atoms with van der Waals surface area (Å²) in [7, 11) is 0. The van der Waals surface area contributed by atoms with Crippen LogP contribution in [0.15, 0.2) is 30.5 Å². The van der Waals surface area contributed by atoms with Crippen LogP contribution in [-0.2, 0) is 11.3 Å². The molecule has 2 aromatic rings. The van der Waals surface area contributed by atoms with Gasteiger partial charge in [-0.05, 0) is 6.07 Å². The van der Waals surface area contributed by atoms with Crippen molar-refractivity contribution in [3.8, 4) is 6.07 Å². The summed E-state index contributed by atoms with van der Waals surface area (Å²) < 4.78 is 1.53. The first-order chi connectivity index (χ1) is 10.5. The molecule has 0 atom stereocenters. The van der Waals surface area contributed by atoms with Crippen molar-refractivity contribution in [1.82, 2.24) is 9.78 Å². The zero-order valence-corrected chi connectivity index (χ0v) is 11.4. The zero-order chi connectivity index (χ0) is 16.1. The van der Waals surface area contributed by atoms with Gasteiger partial charge in [0.05, 0.1) is 16.2 Å². The van der Waals surface area contributed by atoms with Crippen LogP contribution in [0.25, 0.3) is 0 Å². The minimum absolute atomic E-state index is 0.140. The molecule has 1 amide bonds. The van der Waals surface area contributed by atoms with Gasteiger partial charge in [0, 0.05) is 37.4 Å². The predicted octanol–water partition coefficient (Wildman–Crippen LogP) is 1.28. The highest BCUT2D eigenvalue weighted by Crippen LogP contribution is 2.24. The third-order valence-corrected chi connectivity index (χ3v) is 2.83. The molecule has 0 radical (unpaired) electrons. The van der Waals surface area contributed by atoms with Gasteiger partial charge in [0.15, 0.2) is 5.82 Å². The molecule has 2 rings (SSSR count). The lowest BCUT2D eigenvalue weighted by Crippen LogP contribution is -2.14. The second-order valence-corrected chi connectivity index (χ2v) is 4.40. The number of hydrogen-bond donors (Lipinski definition) is 2. The molecule has 22 heavy (non-hydrogen) atoms. The topological polar surface area (TPSA) is 140 Å². The molecule has 0 bridgehead atoms. The molecular weight excluding hydrogens is 288 g/mol. The number of nitro groups is 1. The molecule has 0 unspecified atom stereocenters. The van der Waals surface area contributed by atoms with Crippen LogP contribution in [0.4, 0.5) is 17.2 Å². The number of hydrogen-bond acceptors (Lipinski definition) is 6. The maximum atomic E-state index is 10.7. The number of carbonyl (C=O) groups is 1. The number of benzene rings is 1. The summed E-state index contributed by atoms with van der Waals surface area (Å²) in [6.07, 6.45) is 1.82. The Hall–Kier alpha value is -3.41. The van der Waals surface area contributed by atoms with Crippen molar-refractivity contribution >= 4 is 23.1 Å². The first kappa shape index (κ1) is 15.0. The third kappa shape index (κ3) is 3.57. The third-order valence-electron chi connectivity index (χ3n) is 2.83. The van der Waals surface area contributed by atoms with E-state index in [1.54, 1.807) is 12.3 Å². The van der Waals surface area contributed by atoms with Crippen molar-refractivity contribution in [2.45, 2.75) is 13.0 Å². The number of nitrogens with zero attached hydrogens (tertiary/aromatic N) is 4. The first-order valence-electron chi connectivity index (χ1n) is 6.27. The lowest BCUT2D eigenvalue weighted by atomic mass is 10.1. The molecule has 0 aliphatic heterocycles. The van der Waals surface area contributed by atoms with Gasteiger partial charge in [0.25, 0.3) is 5.69 Å². The van der Waals surface area contributed by atoms with Crippen LogP contribution in [-0.4, -0.2) is 20.6 Å². The van der Waals surface area contributed by atoms with E-state index in [9.17, 15) is 14.9 Å². The predicted molar refractivity (Wildman–Crippen MR) is 77.1 cm³/mol. The van der Waals surface area contributed by atoms with Crippen molar-refractivity contribution in [3.05, 3.63) is 46.1 Å². The Bertz CT molecular complexity index is 761. The molecule has 1 heterocycles. The average molecular weight is 300 g/mol. The number of rotatable bonds is 6. The SMILES string of the molecule is N#Cc1cc([N+](=O)[O-])ccc1Nc1ccn(CCC(N)=O)n1. The largest absolute Gasteiger partial charge is 0.370 e. The number of nitriles is 1. The average Bonchev–Trinajstić information content (AvgIpc) is 2.93. The zero-order valence-electron chi connectivity index (χ0n) is 11.4. The quantitative estimate of drug-likeness (QED) is 0.608. The van der Waals surface area contributed by atoms with Crippen LogP contribution >= 0.6 is 0 Å². The summed E-state index contributed by atoms with van der Waals surface area (Å²) in [6.45, 7) is 0.350. The van der Waals surface area contributed by atoms with Gasteiger partial charge in [-0.3, -0.25) is 19.6 Å². The van der Waals surface area contributed by atoms with E-state index in [-0.39, 0.29) is 17.7 Å². The molecule has 1 aromatic heterocycles. The van der Waals surface area contributed by atoms with Gasteiger partial charge in [0.2, 0.25) is 5.91 Å². The lowest BCUT2D eigenvalue weighted by molar-refractivity contribution is -0.384. The Kier molecular flexibility index (Phi) is 4.33. The number of aromatic nitrogens is 2. The number of carbonyl (C=O) groups excluding carboxylic acids is 1. The van der Waals surface area contributed by atoms with Crippen LogP contribution in [0.2, 0.25) is 0 Å². The molecule has 0 aliphatic rings. The highest BCUT2D eigenvalue weighted by molar-refractivity contribution is 5.73. The molecule has 3 N–H and O–H groups in total. The van der Waals surface area contributed by atoms with Crippen molar-refractivity contribution in [2.24, 2.45) is 5.73 Å². The minimum atomic E-state index is -0.566. The molecule has 112 valence electrons. The van der Waals surface area contributed by atoms with Gasteiger partial charge in [-0.1, -0.05) is 0 Å². The first-order valence-corrected chi connectivity index (χ1v) is 6.27. The Morgan fingerprint density at radius 3 is 2.91 bits per heavy atom. The van der Waals surface area contributed by atoms with E-state index < -0.39 is 10.8 Å². The van der Waals surface area contributed by atoms with E-state index in [2.05, 4.69) is 10.4 Å². The van der Waals surface area contributed by atoms with Crippen molar-refractivity contribution in [2.75, 3.05) is 5.32 Å². The number of anilines is 2. The van der Waals surface area contributed by atoms with Gasteiger partial charge < -0.3 is 11.1 Å².